The number of carbonyl (C=O) groups is 1. The first-order chi connectivity index (χ1) is 12.3. The molecule has 2 saturated heterocycles. The van der Waals surface area contributed by atoms with Gasteiger partial charge in [0.1, 0.15) is 5.82 Å². The van der Waals surface area contributed by atoms with Gasteiger partial charge < -0.3 is 10.3 Å². The van der Waals surface area contributed by atoms with Crippen molar-refractivity contribution in [3.8, 4) is 0 Å². The van der Waals surface area contributed by atoms with Crippen molar-refractivity contribution in [2.24, 2.45) is 0 Å². The third-order valence-electron chi connectivity index (χ3n) is 4.88. The number of H-pyrrole nitrogens is 1. The molecule has 2 aliphatic rings. The molecule has 2 fully saturated rings. The molecule has 8 heteroatoms. The standard InChI is InChI=1S/C17H19N7O/c25-17-18-5-6-23(17)12-7-19-24(10-12)13-8-22(9-13)11-16-20-14-3-1-2-4-15(14)21-16/h1-4,7,10,13H,5-6,8-9,11H2,(H,18,25)(H,20,21). The maximum Gasteiger partial charge on any atom is 0.322 e. The van der Waals surface area contributed by atoms with E-state index in [2.05, 4.69) is 25.3 Å². The predicted octanol–water partition coefficient (Wildman–Crippen LogP) is 1.35. The molecule has 0 saturated carbocycles. The number of benzene rings is 1. The Labute approximate surface area is 144 Å². The highest BCUT2D eigenvalue weighted by molar-refractivity contribution is 5.93. The molecular formula is C17H19N7O. The van der Waals surface area contributed by atoms with Crippen molar-refractivity contribution in [3.63, 3.8) is 0 Å². The van der Waals surface area contributed by atoms with Crippen LogP contribution in [0.3, 0.4) is 0 Å². The Bertz CT molecular complexity index is 891. The number of hydrogen-bond donors (Lipinski definition) is 2. The van der Waals surface area contributed by atoms with Crippen molar-refractivity contribution < 1.29 is 4.79 Å². The van der Waals surface area contributed by atoms with Crippen LogP contribution in [0.2, 0.25) is 0 Å². The van der Waals surface area contributed by atoms with E-state index < -0.39 is 0 Å². The van der Waals surface area contributed by atoms with Gasteiger partial charge in [-0.05, 0) is 12.1 Å². The van der Waals surface area contributed by atoms with Crippen molar-refractivity contribution in [1.82, 2.24) is 30.0 Å². The fourth-order valence-electron chi connectivity index (χ4n) is 3.52. The zero-order valence-electron chi connectivity index (χ0n) is 13.7. The third-order valence-corrected chi connectivity index (χ3v) is 4.88. The quantitative estimate of drug-likeness (QED) is 0.753. The number of rotatable bonds is 4. The molecule has 2 aliphatic heterocycles. The molecule has 0 aliphatic carbocycles. The summed E-state index contributed by atoms with van der Waals surface area (Å²) in [5.74, 6) is 0.995. The van der Waals surface area contributed by atoms with Gasteiger partial charge in [0.2, 0.25) is 0 Å². The number of carbonyl (C=O) groups excluding carboxylic acids is 1. The number of nitrogens with one attached hydrogen (secondary N) is 2. The van der Waals surface area contributed by atoms with E-state index in [1.807, 2.05) is 35.1 Å². The molecule has 8 nitrogen and oxygen atoms in total. The highest BCUT2D eigenvalue weighted by Crippen LogP contribution is 2.25. The van der Waals surface area contributed by atoms with E-state index in [-0.39, 0.29) is 6.03 Å². The van der Waals surface area contributed by atoms with Crippen LogP contribution in [0.4, 0.5) is 10.5 Å². The molecule has 0 unspecified atom stereocenters. The summed E-state index contributed by atoms with van der Waals surface area (Å²) >= 11 is 0. The summed E-state index contributed by atoms with van der Waals surface area (Å²) in [6.07, 6.45) is 3.74. The van der Waals surface area contributed by atoms with Crippen LogP contribution in [0, 0.1) is 0 Å². The van der Waals surface area contributed by atoms with E-state index in [4.69, 9.17) is 0 Å². The van der Waals surface area contributed by atoms with E-state index in [1.54, 1.807) is 11.1 Å². The first-order valence-corrected chi connectivity index (χ1v) is 8.52. The zero-order chi connectivity index (χ0) is 16.8. The van der Waals surface area contributed by atoms with Gasteiger partial charge in [0, 0.05) is 32.4 Å². The van der Waals surface area contributed by atoms with Crippen LogP contribution < -0.4 is 10.2 Å². The van der Waals surface area contributed by atoms with Gasteiger partial charge in [0.15, 0.2) is 0 Å². The average molecular weight is 337 g/mol. The fraction of sp³-hybridized carbons (Fsp3) is 0.353. The number of urea groups is 1. The molecule has 25 heavy (non-hydrogen) atoms. The van der Waals surface area contributed by atoms with Crippen LogP contribution >= 0.6 is 0 Å². The van der Waals surface area contributed by atoms with Gasteiger partial charge in [-0.1, -0.05) is 12.1 Å². The molecule has 2 aromatic heterocycles. The minimum Gasteiger partial charge on any atom is -0.341 e. The van der Waals surface area contributed by atoms with Crippen LogP contribution in [-0.4, -0.2) is 56.9 Å². The first kappa shape index (κ1) is 14.5. The number of nitrogens with zero attached hydrogens (tertiary/aromatic N) is 5. The topological polar surface area (TPSA) is 82.1 Å². The minimum absolute atomic E-state index is 0.0420. The van der Waals surface area contributed by atoms with Gasteiger partial charge in [-0.15, -0.1) is 0 Å². The number of anilines is 1. The molecule has 2 N–H and O–H groups in total. The minimum atomic E-state index is -0.0420. The van der Waals surface area contributed by atoms with E-state index in [9.17, 15) is 4.79 Å². The zero-order valence-corrected chi connectivity index (χ0v) is 13.7. The lowest BCUT2D eigenvalue weighted by Crippen LogP contribution is -2.47. The Morgan fingerprint density at radius 2 is 2.12 bits per heavy atom. The Kier molecular flexibility index (Phi) is 3.24. The van der Waals surface area contributed by atoms with E-state index in [0.29, 0.717) is 19.1 Å². The summed E-state index contributed by atoms with van der Waals surface area (Å²) < 4.78 is 1.97. The number of amides is 2. The number of aromatic nitrogens is 4. The lowest BCUT2D eigenvalue weighted by molar-refractivity contribution is 0.0885. The third kappa shape index (κ3) is 2.54. The molecule has 3 aromatic rings. The van der Waals surface area contributed by atoms with Crippen LogP contribution in [0.25, 0.3) is 11.0 Å². The first-order valence-electron chi connectivity index (χ1n) is 8.52. The summed E-state index contributed by atoms with van der Waals surface area (Å²) in [6, 6.07) is 8.39. The van der Waals surface area contributed by atoms with Crippen LogP contribution in [-0.2, 0) is 6.54 Å². The lowest BCUT2D eigenvalue weighted by Gasteiger charge is -2.38. The normalized spacial score (nSPS) is 18.7. The summed E-state index contributed by atoms with van der Waals surface area (Å²) in [5.41, 5.74) is 2.95. The van der Waals surface area contributed by atoms with Crippen molar-refractivity contribution in [2.75, 3.05) is 31.1 Å². The molecular weight excluding hydrogens is 318 g/mol. The smallest absolute Gasteiger partial charge is 0.322 e. The van der Waals surface area contributed by atoms with Gasteiger partial charge in [0.05, 0.1) is 35.5 Å². The SMILES string of the molecule is O=C1NCCN1c1cnn(C2CN(Cc3nc4ccccc4[nH]3)C2)c1. The van der Waals surface area contributed by atoms with Crippen molar-refractivity contribution in [1.29, 1.82) is 0 Å². The van der Waals surface area contributed by atoms with Gasteiger partial charge in [0.25, 0.3) is 0 Å². The number of para-hydroxylation sites is 2. The van der Waals surface area contributed by atoms with Crippen LogP contribution in [0.1, 0.15) is 11.9 Å². The lowest BCUT2D eigenvalue weighted by atomic mass is 10.1. The van der Waals surface area contributed by atoms with Gasteiger partial charge in [-0.3, -0.25) is 14.5 Å². The molecule has 128 valence electrons. The van der Waals surface area contributed by atoms with E-state index >= 15 is 0 Å². The largest absolute Gasteiger partial charge is 0.341 e. The number of imidazole rings is 1. The molecule has 2 amide bonds. The second kappa shape index (κ2) is 5.59. The molecule has 0 radical (unpaired) electrons. The molecule has 0 bridgehead atoms. The molecule has 5 rings (SSSR count). The molecule has 4 heterocycles. The highest BCUT2D eigenvalue weighted by atomic mass is 16.2. The number of hydrogen-bond acceptors (Lipinski definition) is 4. The average Bonchev–Trinajstić information content (AvgIpc) is 3.28. The molecule has 1 aromatic carbocycles. The summed E-state index contributed by atoms with van der Waals surface area (Å²) in [4.78, 5) is 23.8. The van der Waals surface area contributed by atoms with Gasteiger partial charge in [-0.2, -0.15) is 5.10 Å². The second-order valence-corrected chi connectivity index (χ2v) is 6.61. The van der Waals surface area contributed by atoms with Crippen molar-refractivity contribution in [3.05, 3.63) is 42.5 Å². The number of likely N-dealkylation sites (tertiary alicyclic amines) is 1. The van der Waals surface area contributed by atoms with Gasteiger partial charge >= 0.3 is 6.03 Å². The Hall–Kier alpha value is -2.87. The second-order valence-electron chi connectivity index (χ2n) is 6.61. The summed E-state index contributed by atoms with van der Waals surface area (Å²) in [6.45, 7) is 4.08. The maximum absolute atomic E-state index is 11.7. The van der Waals surface area contributed by atoms with Crippen molar-refractivity contribution >= 4 is 22.8 Å². The Balaban J connectivity index is 1.21. The van der Waals surface area contributed by atoms with Gasteiger partial charge in [-0.25, -0.2) is 9.78 Å². The Morgan fingerprint density at radius 1 is 1.24 bits per heavy atom. The molecule has 0 atom stereocenters. The molecule has 0 spiro atoms. The summed E-state index contributed by atoms with van der Waals surface area (Å²) in [5, 5.41) is 7.25. The summed E-state index contributed by atoms with van der Waals surface area (Å²) in [7, 11) is 0. The Morgan fingerprint density at radius 3 is 2.92 bits per heavy atom. The van der Waals surface area contributed by atoms with E-state index in [1.165, 1.54) is 0 Å². The maximum atomic E-state index is 11.7. The number of fused-ring (bicyclic) bond motifs is 1. The fourth-order valence-corrected chi connectivity index (χ4v) is 3.52. The van der Waals surface area contributed by atoms with Crippen LogP contribution in [0.15, 0.2) is 36.7 Å². The van der Waals surface area contributed by atoms with Crippen molar-refractivity contribution in [2.45, 2.75) is 12.6 Å². The van der Waals surface area contributed by atoms with Crippen LogP contribution in [0.5, 0.6) is 0 Å². The highest BCUT2D eigenvalue weighted by Gasteiger charge is 2.30. The van der Waals surface area contributed by atoms with E-state index in [0.717, 1.165) is 42.2 Å². The predicted molar refractivity (Wildman–Crippen MR) is 93.4 cm³/mol. The number of aromatic amines is 1. The monoisotopic (exact) mass is 337 g/mol.